The molecule has 0 bridgehead atoms. The normalized spacial score (nSPS) is 12.3. The van der Waals surface area contributed by atoms with Gasteiger partial charge in [0, 0.05) is 23.5 Å². The number of rotatable bonds is 12. The van der Waals surface area contributed by atoms with E-state index in [4.69, 9.17) is 11.6 Å². The Hall–Kier alpha value is -4.14. The molecule has 0 aliphatic rings. The summed E-state index contributed by atoms with van der Waals surface area (Å²) in [6.45, 7) is 7.11. The fourth-order valence-corrected chi connectivity index (χ4v) is 6.59. The zero-order valence-corrected chi connectivity index (χ0v) is 27.7. The third-order valence-corrected chi connectivity index (χ3v) is 9.47. The van der Waals surface area contributed by atoms with E-state index >= 15 is 0 Å². The predicted octanol–water partition coefficient (Wildman–Crippen LogP) is 6.65. The van der Waals surface area contributed by atoms with Crippen molar-refractivity contribution in [2.75, 3.05) is 10.8 Å². The number of aryl methyl sites for hydroxylation is 1. The van der Waals surface area contributed by atoms with E-state index in [-0.39, 0.29) is 23.8 Å². The number of anilines is 1. The zero-order chi connectivity index (χ0) is 32.6. The molecule has 2 amide bonds. The van der Waals surface area contributed by atoms with Gasteiger partial charge in [-0.3, -0.25) is 13.9 Å². The van der Waals surface area contributed by atoms with E-state index in [1.807, 2.05) is 76.2 Å². The van der Waals surface area contributed by atoms with E-state index in [1.165, 1.54) is 17.0 Å². The minimum Gasteiger partial charge on any atom is -0.350 e. The van der Waals surface area contributed by atoms with E-state index < -0.39 is 34.1 Å². The summed E-state index contributed by atoms with van der Waals surface area (Å²) in [5.41, 5.74) is 2.30. The van der Waals surface area contributed by atoms with Gasteiger partial charge in [-0.25, -0.2) is 8.42 Å². The van der Waals surface area contributed by atoms with Crippen molar-refractivity contribution in [1.29, 1.82) is 0 Å². The van der Waals surface area contributed by atoms with E-state index in [0.29, 0.717) is 16.3 Å². The van der Waals surface area contributed by atoms with E-state index in [1.54, 1.807) is 48.5 Å². The second-order valence-electron chi connectivity index (χ2n) is 11.9. The summed E-state index contributed by atoms with van der Waals surface area (Å²) in [6.07, 6.45) is 0.996. The van der Waals surface area contributed by atoms with Gasteiger partial charge in [0.15, 0.2) is 0 Å². The lowest BCUT2D eigenvalue weighted by Crippen LogP contribution is -2.56. The SMILES string of the molecule is CCc1ccc(N(CC(=O)N(Cc2ccccc2Cl)C(Cc2ccccc2)C(=O)NC(C)(C)C)S(=O)(=O)c2ccccc2)cc1. The Bertz CT molecular complexity index is 1690. The Morgan fingerprint density at radius 2 is 1.38 bits per heavy atom. The largest absolute Gasteiger partial charge is 0.350 e. The van der Waals surface area contributed by atoms with Gasteiger partial charge >= 0.3 is 0 Å². The molecule has 7 nitrogen and oxygen atoms in total. The summed E-state index contributed by atoms with van der Waals surface area (Å²) in [7, 11) is -4.16. The molecule has 0 aliphatic heterocycles. The lowest BCUT2D eigenvalue weighted by Gasteiger charge is -2.35. The quantitative estimate of drug-likeness (QED) is 0.187. The van der Waals surface area contributed by atoms with Crippen molar-refractivity contribution < 1.29 is 18.0 Å². The van der Waals surface area contributed by atoms with Crippen molar-refractivity contribution in [1.82, 2.24) is 10.2 Å². The highest BCUT2D eigenvalue weighted by molar-refractivity contribution is 7.92. The molecule has 45 heavy (non-hydrogen) atoms. The summed E-state index contributed by atoms with van der Waals surface area (Å²) in [5, 5.41) is 3.47. The minimum absolute atomic E-state index is 0.00155. The van der Waals surface area contributed by atoms with Crippen LogP contribution in [0.3, 0.4) is 0 Å². The standard InChI is InChI=1S/C36H40ClN3O4S/c1-5-27-20-22-30(23-21-27)40(45(43,44)31-17-10-7-11-18-31)26-34(41)39(25-29-16-12-13-19-32(29)37)33(35(42)38-36(2,3)4)24-28-14-8-6-9-15-28/h6-23,33H,5,24-26H2,1-4H3,(H,38,42). The first-order valence-electron chi connectivity index (χ1n) is 14.9. The van der Waals surface area contributed by atoms with Gasteiger partial charge in [0.2, 0.25) is 11.8 Å². The van der Waals surface area contributed by atoms with Crippen LogP contribution in [-0.2, 0) is 39.0 Å². The Kier molecular flexibility index (Phi) is 11.1. The van der Waals surface area contributed by atoms with Gasteiger partial charge in [0.25, 0.3) is 10.0 Å². The summed E-state index contributed by atoms with van der Waals surface area (Å²) in [4.78, 5) is 30.0. The van der Waals surface area contributed by atoms with Gasteiger partial charge in [-0.1, -0.05) is 97.4 Å². The van der Waals surface area contributed by atoms with Gasteiger partial charge < -0.3 is 10.2 Å². The first kappa shape index (κ1) is 33.7. The maximum atomic E-state index is 14.5. The highest BCUT2D eigenvalue weighted by Crippen LogP contribution is 2.26. The van der Waals surface area contributed by atoms with Crippen LogP contribution in [0.4, 0.5) is 5.69 Å². The van der Waals surface area contributed by atoms with Gasteiger partial charge in [0.05, 0.1) is 10.6 Å². The summed E-state index contributed by atoms with van der Waals surface area (Å²) >= 11 is 6.56. The highest BCUT2D eigenvalue weighted by Gasteiger charge is 2.35. The number of carbonyl (C=O) groups excluding carboxylic acids is 2. The number of amides is 2. The molecule has 0 aromatic heterocycles. The Labute approximate surface area is 271 Å². The van der Waals surface area contributed by atoms with Crippen LogP contribution in [-0.4, -0.2) is 43.3 Å². The van der Waals surface area contributed by atoms with Crippen molar-refractivity contribution in [3.05, 3.63) is 131 Å². The first-order chi connectivity index (χ1) is 21.4. The van der Waals surface area contributed by atoms with Gasteiger partial charge in [0.1, 0.15) is 12.6 Å². The number of benzene rings is 4. The molecule has 4 aromatic carbocycles. The second kappa shape index (κ2) is 14.8. The van der Waals surface area contributed by atoms with Crippen LogP contribution in [0.25, 0.3) is 0 Å². The molecule has 236 valence electrons. The zero-order valence-electron chi connectivity index (χ0n) is 26.1. The molecule has 1 N–H and O–H groups in total. The molecule has 4 aromatic rings. The lowest BCUT2D eigenvalue weighted by molar-refractivity contribution is -0.140. The molecule has 0 heterocycles. The van der Waals surface area contributed by atoms with Gasteiger partial charge in [-0.2, -0.15) is 0 Å². The maximum absolute atomic E-state index is 14.5. The van der Waals surface area contributed by atoms with Crippen molar-refractivity contribution in [3.8, 4) is 0 Å². The van der Waals surface area contributed by atoms with Crippen LogP contribution in [0.5, 0.6) is 0 Å². The minimum atomic E-state index is -4.16. The fraction of sp³-hybridized carbons (Fsp3) is 0.278. The van der Waals surface area contributed by atoms with Gasteiger partial charge in [-0.05, 0) is 74.2 Å². The smallest absolute Gasteiger partial charge is 0.264 e. The third-order valence-electron chi connectivity index (χ3n) is 7.31. The van der Waals surface area contributed by atoms with Crippen LogP contribution in [0, 0.1) is 0 Å². The molecule has 1 unspecified atom stereocenters. The van der Waals surface area contributed by atoms with E-state index in [2.05, 4.69) is 5.32 Å². The van der Waals surface area contributed by atoms with E-state index in [0.717, 1.165) is 21.9 Å². The first-order valence-corrected chi connectivity index (χ1v) is 16.8. The molecule has 0 fully saturated rings. The van der Waals surface area contributed by atoms with Crippen LogP contribution in [0.1, 0.15) is 44.4 Å². The molecule has 0 saturated carbocycles. The number of carbonyl (C=O) groups is 2. The number of nitrogens with zero attached hydrogens (tertiary/aromatic N) is 2. The molecule has 9 heteroatoms. The molecule has 0 aliphatic carbocycles. The van der Waals surface area contributed by atoms with Crippen molar-refractivity contribution in [3.63, 3.8) is 0 Å². The number of hydrogen-bond acceptors (Lipinski definition) is 4. The molecular formula is C36H40ClN3O4S. The molecule has 4 rings (SSSR count). The Morgan fingerprint density at radius 1 is 0.800 bits per heavy atom. The fourth-order valence-electron chi connectivity index (χ4n) is 4.96. The summed E-state index contributed by atoms with van der Waals surface area (Å²) < 4.78 is 29.3. The second-order valence-corrected chi connectivity index (χ2v) is 14.2. The number of halogens is 1. The molecule has 0 saturated heterocycles. The highest BCUT2D eigenvalue weighted by atomic mass is 35.5. The van der Waals surface area contributed by atoms with Crippen molar-refractivity contribution in [2.24, 2.45) is 0 Å². The topological polar surface area (TPSA) is 86.8 Å². The maximum Gasteiger partial charge on any atom is 0.264 e. The molecule has 1 atom stereocenters. The average molecular weight is 646 g/mol. The molecular weight excluding hydrogens is 606 g/mol. The number of nitrogens with one attached hydrogen (secondary N) is 1. The number of sulfonamides is 1. The average Bonchev–Trinajstić information content (AvgIpc) is 3.02. The van der Waals surface area contributed by atoms with Crippen LogP contribution in [0.15, 0.2) is 114 Å². The predicted molar refractivity (Wildman–Crippen MR) is 181 cm³/mol. The summed E-state index contributed by atoms with van der Waals surface area (Å²) in [6, 6.07) is 30.7. The van der Waals surface area contributed by atoms with Crippen molar-refractivity contribution >= 4 is 39.1 Å². The monoisotopic (exact) mass is 645 g/mol. The van der Waals surface area contributed by atoms with Gasteiger partial charge in [-0.15, -0.1) is 0 Å². The van der Waals surface area contributed by atoms with E-state index in [9.17, 15) is 18.0 Å². The third kappa shape index (κ3) is 8.96. The van der Waals surface area contributed by atoms with Crippen molar-refractivity contribution in [2.45, 2.75) is 63.6 Å². The summed E-state index contributed by atoms with van der Waals surface area (Å²) in [5.74, 6) is -0.893. The Balaban J connectivity index is 1.82. The lowest BCUT2D eigenvalue weighted by atomic mass is 10.0. The molecule has 0 radical (unpaired) electrons. The number of hydrogen-bond donors (Lipinski definition) is 1. The van der Waals surface area contributed by atoms with Crippen LogP contribution in [0.2, 0.25) is 5.02 Å². The van der Waals surface area contributed by atoms with Crippen LogP contribution >= 0.6 is 11.6 Å². The molecule has 0 spiro atoms. The Morgan fingerprint density at radius 3 is 1.96 bits per heavy atom. The van der Waals surface area contributed by atoms with Crippen LogP contribution < -0.4 is 9.62 Å².